The van der Waals surface area contributed by atoms with Crippen LogP contribution in [0.1, 0.15) is 22.2 Å². The molecule has 1 atom stereocenters. The van der Waals surface area contributed by atoms with Gasteiger partial charge in [0, 0.05) is 6.20 Å². The fourth-order valence-electron chi connectivity index (χ4n) is 2.01. The lowest BCUT2D eigenvalue weighted by atomic mass is 10.1. The average Bonchev–Trinajstić information content (AvgIpc) is 2.79. The third kappa shape index (κ3) is 1.41. The molecule has 0 amide bonds. The summed E-state index contributed by atoms with van der Waals surface area (Å²) in [5.74, 6) is -0.245. The molecule has 2 heterocycles. The molecule has 0 N–H and O–H groups in total. The summed E-state index contributed by atoms with van der Waals surface area (Å²) in [4.78, 5) is 11.7. The van der Waals surface area contributed by atoms with Gasteiger partial charge in [0.2, 0.25) is 0 Å². The molecule has 1 aromatic carbocycles. The third-order valence-corrected chi connectivity index (χ3v) is 2.82. The highest BCUT2D eigenvalue weighted by Gasteiger charge is 2.26. The van der Waals surface area contributed by atoms with Crippen molar-refractivity contribution in [2.45, 2.75) is 12.6 Å². The second kappa shape index (κ2) is 3.52. The SMILES string of the molecule is O=C1OC(c2ccccc2)Cn2cccc21. The Morgan fingerprint density at radius 3 is 2.75 bits per heavy atom. The van der Waals surface area contributed by atoms with Crippen LogP contribution in [0, 0.1) is 0 Å². The Balaban J connectivity index is 1.95. The Labute approximate surface area is 93.3 Å². The number of carbonyl (C=O) groups is 1. The summed E-state index contributed by atoms with van der Waals surface area (Å²) in [6.45, 7) is 0.693. The molecule has 1 unspecified atom stereocenters. The topological polar surface area (TPSA) is 31.2 Å². The fraction of sp³-hybridized carbons (Fsp3) is 0.154. The van der Waals surface area contributed by atoms with Gasteiger partial charge >= 0.3 is 5.97 Å². The number of benzene rings is 1. The highest BCUT2D eigenvalue weighted by molar-refractivity contribution is 5.88. The lowest BCUT2D eigenvalue weighted by Crippen LogP contribution is -2.25. The van der Waals surface area contributed by atoms with E-state index in [-0.39, 0.29) is 12.1 Å². The minimum absolute atomic E-state index is 0.173. The van der Waals surface area contributed by atoms with E-state index in [4.69, 9.17) is 4.74 Å². The van der Waals surface area contributed by atoms with Crippen molar-refractivity contribution in [2.24, 2.45) is 0 Å². The normalized spacial score (nSPS) is 19.0. The zero-order chi connectivity index (χ0) is 11.0. The van der Waals surface area contributed by atoms with Gasteiger partial charge in [0.15, 0.2) is 0 Å². The third-order valence-electron chi connectivity index (χ3n) is 2.82. The molecule has 80 valence electrons. The summed E-state index contributed by atoms with van der Waals surface area (Å²) >= 11 is 0. The molecule has 0 bridgehead atoms. The van der Waals surface area contributed by atoms with Gasteiger partial charge in [-0.1, -0.05) is 30.3 Å². The van der Waals surface area contributed by atoms with Crippen LogP contribution in [0.2, 0.25) is 0 Å². The largest absolute Gasteiger partial charge is 0.451 e. The number of esters is 1. The van der Waals surface area contributed by atoms with Crippen molar-refractivity contribution in [1.29, 1.82) is 0 Å². The zero-order valence-electron chi connectivity index (χ0n) is 8.67. The molecule has 16 heavy (non-hydrogen) atoms. The fourth-order valence-corrected chi connectivity index (χ4v) is 2.01. The summed E-state index contributed by atoms with van der Waals surface area (Å²) in [5.41, 5.74) is 1.67. The highest BCUT2D eigenvalue weighted by Crippen LogP contribution is 2.26. The monoisotopic (exact) mass is 213 g/mol. The van der Waals surface area contributed by atoms with E-state index in [1.807, 2.05) is 47.2 Å². The van der Waals surface area contributed by atoms with Crippen molar-refractivity contribution in [1.82, 2.24) is 4.57 Å². The summed E-state index contributed by atoms with van der Waals surface area (Å²) in [6.07, 6.45) is 1.74. The van der Waals surface area contributed by atoms with Crippen LogP contribution in [-0.2, 0) is 11.3 Å². The first-order chi connectivity index (χ1) is 7.84. The summed E-state index contributed by atoms with van der Waals surface area (Å²) < 4.78 is 7.33. The first kappa shape index (κ1) is 9.21. The van der Waals surface area contributed by atoms with Gasteiger partial charge in [0.1, 0.15) is 11.8 Å². The number of cyclic esters (lactones) is 1. The standard InChI is InChI=1S/C13H11NO2/c15-13-11-7-4-8-14(11)9-12(16-13)10-5-2-1-3-6-10/h1-8,12H,9H2. The molecular formula is C13H11NO2. The van der Waals surface area contributed by atoms with E-state index in [1.165, 1.54) is 0 Å². The van der Waals surface area contributed by atoms with Crippen LogP contribution in [0.5, 0.6) is 0 Å². The highest BCUT2D eigenvalue weighted by atomic mass is 16.5. The first-order valence-electron chi connectivity index (χ1n) is 5.25. The van der Waals surface area contributed by atoms with Crippen molar-refractivity contribution in [3.63, 3.8) is 0 Å². The second-order valence-corrected chi connectivity index (χ2v) is 3.85. The Kier molecular flexibility index (Phi) is 2.03. The minimum Gasteiger partial charge on any atom is -0.451 e. The van der Waals surface area contributed by atoms with Crippen LogP contribution >= 0.6 is 0 Å². The van der Waals surface area contributed by atoms with Gasteiger partial charge in [-0.3, -0.25) is 0 Å². The maximum absolute atomic E-state index is 11.7. The van der Waals surface area contributed by atoms with Gasteiger partial charge in [0.05, 0.1) is 6.54 Å². The molecule has 2 aromatic rings. The molecule has 0 aliphatic carbocycles. The maximum atomic E-state index is 11.7. The predicted octanol–water partition coefficient (Wildman–Crippen LogP) is 2.40. The quantitative estimate of drug-likeness (QED) is 0.681. The Hall–Kier alpha value is -2.03. The van der Waals surface area contributed by atoms with Gasteiger partial charge in [0.25, 0.3) is 0 Å². The van der Waals surface area contributed by atoms with E-state index in [1.54, 1.807) is 6.07 Å². The average molecular weight is 213 g/mol. The van der Waals surface area contributed by atoms with E-state index >= 15 is 0 Å². The zero-order valence-corrected chi connectivity index (χ0v) is 8.67. The molecule has 0 saturated carbocycles. The second-order valence-electron chi connectivity index (χ2n) is 3.85. The first-order valence-corrected chi connectivity index (χ1v) is 5.25. The number of aromatic nitrogens is 1. The lowest BCUT2D eigenvalue weighted by molar-refractivity contribution is 0.0156. The van der Waals surface area contributed by atoms with Gasteiger partial charge in [-0.25, -0.2) is 4.79 Å². The number of carbonyl (C=O) groups excluding carboxylic acids is 1. The molecule has 3 rings (SSSR count). The molecule has 0 fully saturated rings. The van der Waals surface area contributed by atoms with Crippen LogP contribution in [0.3, 0.4) is 0 Å². The lowest BCUT2D eigenvalue weighted by Gasteiger charge is -2.24. The molecule has 1 aromatic heterocycles. The number of hydrogen-bond acceptors (Lipinski definition) is 2. The molecule has 3 heteroatoms. The van der Waals surface area contributed by atoms with Crippen LogP contribution in [0.25, 0.3) is 0 Å². The number of nitrogens with zero attached hydrogens (tertiary/aromatic N) is 1. The number of hydrogen-bond donors (Lipinski definition) is 0. The Morgan fingerprint density at radius 2 is 1.94 bits per heavy atom. The van der Waals surface area contributed by atoms with Crippen LogP contribution in [0.15, 0.2) is 48.7 Å². The molecule has 3 nitrogen and oxygen atoms in total. The van der Waals surface area contributed by atoms with Gasteiger partial charge < -0.3 is 9.30 Å². The molecule has 0 spiro atoms. The summed E-state index contributed by atoms with van der Waals surface area (Å²) in [7, 11) is 0. The van der Waals surface area contributed by atoms with E-state index < -0.39 is 0 Å². The van der Waals surface area contributed by atoms with Crippen molar-refractivity contribution in [3.05, 3.63) is 59.9 Å². The van der Waals surface area contributed by atoms with Gasteiger partial charge in [-0.05, 0) is 17.7 Å². The van der Waals surface area contributed by atoms with E-state index in [0.29, 0.717) is 12.2 Å². The van der Waals surface area contributed by atoms with Crippen molar-refractivity contribution in [3.8, 4) is 0 Å². The van der Waals surface area contributed by atoms with E-state index in [2.05, 4.69) is 0 Å². The van der Waals surface area contributed by atoms with Gasteiger partial charge in [-0.2, -0.15) is 0 Å². The van der Waals surface area contributed by atoms with Crippen LogP contribution in [-0.4, -0.2) is 10.5 Å². The number of fused-ring (bicyclic) bond motifs is 1. The molecule has 0 saturated heterocycles. The Bertz CT molecular complexity index is 516. The summed E-state index contributed by atoms with van der Waals surface area (Å²) in [6, 6.07) is 13.5. The maximum Gasteiger partial charge on any atom is 0.355 e. The van der Waals surface area contributed by atoms with Crippen molar-refractivity contribution in [2.75, 3.05) is 0 Å². The van der Waals surface area contributed by atoms with Crippen molar-refractivity contribution >= 4 is 5.97 Å². The van der Waals surface area contributed by atoms with E-state index in [9.17, 15) is 4.79 Å². The number of ether oxygens (including phenoxy) is 1. The molecule has 0 radical (unpaired) electrons. The Morgan fingerprint density at radius 1 is 1.12 bits per heavy atom. The van der Waals surface area contributed by atoms with Crippen molar-refractivity contribution < 1.29 is 9.53 Å². The predicted molar refractivity (Wildman–Crippen MR) is 59.0 cm³/mol. The number of rotatable bonds is 1. The van der Waals surface area contributed by atoms with Gasteiger partial charge in [-0.15, -0.1) is 0 Å². The molecular weight excluding hydrogens is 202 g/mol. The molecule has 1 aliphatic heterocycles. The minimum atomic E-state index is -0.245. The van der Waals surface area contributed by atoms with E-state index in [0.717, 1.165) is 5.56 Å². The smallest absolute Gasteiger partial charge is 0.355 e. The summed E-state index contributed by atoms with van der Waals surface area (Å²) in [5, 5.41) is 0. The van der Waals surface area contributed by atoms with Crippen LogP contribution in [0.4, 0.5) is 0 Å². The van der Waals surface area contributed by atoms with Crippen LogP contribution < -0.4 is 0 Å². The molecule has 1 aliphatic rings.